The van der Waals surface area contributed by atoms with Gasteiger partial charge in [0.2, 0.25) is 0 Å². The Kier molecular flexibility index (Phi) is 8.64. The molecule has 5 rings (SSSR count). The number of non-ortho nitro benzene ring substituents is 1. The van der Waals surface area contributed by atoms with Gasteiger partial charge in [0.05, 0.1) is 52.8 Å². The summed E-state index contributed by atoms with van der Waals surface area (Å²) in [6, 6.07) is 12.4. The second-order valence-corrected chi connectivity index (χ2v) is 11.2. The lowest BCUT2D eigenvalue weighted by atomic mass is 9.95. The minimum Gasteiger partial charge on any atom is -0.493 e. The fourth-order valence-corrected chi connectivity index (χ4v) is 6.48. The molecule has 13 heteroatoms. The Labute approximate surface area is 258 Å². The number of rotatable bonds is 9. The van der Waals surface area contributed by atoms with Crippen molar-refractivity contribution in [1.82, 2.24) is 9.13 Å². The quantitative estimate of drug-likeness (QED) is 0.144. The molecule has 0 radical (unpaired) electrons. The zero-order chi connectivity index (χ0) is 30.8. The van der Waals surface area contributed by atoms with E-state index in [4.69, 9.17) is 14.2 Å². The molecule has 1 atom stereocenters. The molecule has 0 spiro atoms. The van der Waals surface area contributed by atoms with Crippen molar-refractivity contribution in [1.29, 1.82) is 0 Å². The molecule has 0 aliphatic carbocycles. The Hall–Kier alpha value is -4.49. The molecule has 3 heterocycles. The maximum atomic E-state index is 14.1. The smallest absolute Gasteiger partial charge is 0.338 e. The Morgan fingerprint density at radius 2 is 1.95 bits per heavy atom. The van der Waals surface area contributed by atoms with Crippen LogP contribution in [0, 0.1) is 10.1 Å². The van der Waals surface area contributed by atoms with Crippen LogP contribution in [0.15, 0.2) is 80.3 Å². The predicted molar refractivity (Wildman–Crippen MR) is 165 cm³/mol. The highest BCUT2D eigenvalue weighted by atomic mass is 79.9. The highest BCUT2D eigenvalue weighted by Crippen LogP contribution is 2.41. The van der Waals surface area contributed by atoms with E-state index in [9.17, 15) is 19.7 Å². The number of benzene rings is 2. The zero-order valence-corrected chi connectivity index (χ0v) is 26.1. The number of thiazole rings is 1. The van der Waals surface area contributed by atoms with Crippen molar-refractivity contribution in [2.75, 3.05) is 20.3 Å². The van der Waals surface area contributed by atoms with Gasteiger partial charge in [-0.1, -0.05) is 33.3 Å². The fraction of sp³-hybridized carbons (Fsp3) is 0.233. The molecule has 0 amide bonds. The van der Waals surface area contributed by atoms with Gasteiger partial charge in [0.15, 0.2) is 16.3 Å². The number of esters is 1. The summed E-state index contributed by atoms with van der Waals surface area (Å²) in [6.07, 6.45) is 3.47. The van der Waals surface area contributed by atoms with E-state index in [1.165, 1.54) is 35.1 Å². The van der Waals surface area contributed by atoms with Gasteiger partial charge in [0.1, 0.15) is 0 Å². The van der Waals surface area contributed by atoms with Crippen LogP contribution >= 0.6 is 27.3 Å². The van der Waals surface area contributed by atoms with Crippen LogP contribution in [0.3, 0.4) is 0 Å². The Morgan fingerprint density at radius 3 is 2.65 bits per heavy atom. The van der Waals surface area contributed by atoms with Crippen LogP contribution in [-0.4, -0.2) is 40.4 Å². The van der Waals surface area contributed by atoms with E-state index in [0.717, 1.165) is 0 Å². The molecule has 0 saturated heterocycles. The van der Waals surface area contributed by atoms with Gasteiger partial charge in [0, 0.05) is 28.5 Å². The molecule has 0 bridgehead atoms. The monoisotopic (exact) mass is 666 g/mol. The zero-order valence-electron chi connectivity index (χ0n) is 23.7. The first-order valence-corrected chi connectivity index (χ1v) is 14.9. The topological polar surface area (TPSA) is 127 Å². The van der Waals surface area contributed by atoms with E-state index in [-0.39, 0.29) is 23.4 Å². The number of hydrogen-bond acceptors (Lipinski definition) is 9. The minimum absolute atomic E-state index is 0.0464. The van der Waals surface area contributed by atoms with Crippen molar-refractivity contribution in [2.45, 2.75) is 26.8 Å². The van der Waals surface area contributed by atoms with E-state index in [0.29, 0.717) is 54.6 Å². The molecular weight excluding hydrogens is 640 g/mol. The fourth-order valence-electron chi connectivity index (χ4n) is 4.91. The standard InChI is InChI=1S/C30H27BrN4O7S/c1-5-41-24-16-22(31)21(15-23(24)40-4)27-26(29(37)42-6-2)17(3)32-30-34(27)28(36)25(43-30)14-19-11-8-12-33(19)18-9-7-10-20(13-18)35(38)39/h7-16,27H,5-6H2,1-4H3/b25-14+/t27-/m0/s1. The van der Waals surface area contributed by atoms with Gasteiger partial charge in [-0.15, -0.1) is 0 Å². The first kappa shape index (κ1) is 30.0. The molecule has 4 aromatic rings. The van der Waals surface area contributed by atoms with Crippen LogP contribution in [0.2, 0.25) is 0 Å². The Morgan fingerprint density at radius 1 is 1.16 bits per heavy atom. The second-order valence-electron chi connectivity index (χ2n) is 9.34. The van der Waals surface area contributed by atoms with Gasteiger partial charge < -0.3 is 18.8 Å². The Balaban J connectivity index is 1.72. The molecule has 2 aromatic carbocycles. The largest absolute Gasteiger partial charge is 0.493 e. The first-order valence-electron chi connectivity index (χ1n) is 13.3. The van der Waals surface area contributed by atoms with Crippen LogP contribution in [0.4, 0.5) is 5.69 Å². The van der Waals surface area contributed by atoms with Crippen molar-refractivity contribution in [3.8, 4) is 17.2 Å². The van der Waals surface area contributed by atoms with Crippen molar-refractivity contribution in [3.05, 3.63) is 112 Å². The summed E-state index contributed by atoms with van der Waals surface area (Å²) < 4.78 is 20.9. The molecular formula is C30H27BrN4O7S. The van der Waals surface area contributed by atoms with Crippen LogP contribution in [0.25, 0.3) is 11.8 Å². The van der Waals surface area contributed by atoms with Crippen LogP contribution in [0.1, 0.15) is 38.1 Å². The molecule has 43 heavy (non-hydrogen) atoms. The van der Waals surface area contributed by atoms with E-state index in [2.05, 4.69) is 20.9 Å². The van der Waals surface area contributed by atoms with Gasteiger partial charge in [-0.2, -0.15) is 0 Å². The number of methoxy groups -OCH3 is 1. The summed E-state index contributed by atoms with van der Waals surface area (Å²) in [5, 5.41) is 11.3. The molecule has 1 aliphatic heterocycles. The summed E-state index contributed by atoms with van der Waals surface area (Å²) in [7, 11) is 1.52. The predicted octanol–water partition coefficient (Wildman–Crippen LogP) is 4.67. The van der Waals surface area contributed by atoms with E-state index in [1.54, 1.807) is 67.1 Å². The highest BCUT2D eigenvalue weighted by molar-refractivity contribution is 9.10. The van der Waals surface area contributed by atoms with Gasteiger partial charge in [-0.3, -0.25) is 19.5 Å². The summed E-state index contributed by atoms with van der Waals surface area (Å²) in [5.74, 6) is 0.366. The van der Waals surface area contributed by atoms with Gasteiger partial charge in [0.25, 0.3) is 11.2 Å². The maximum Gasteiger partial charge on any atom is 0.338 e. The number of hydrogen-bond donors (Lipinski definition) is 0. The number of fused-ring (bicyclic) bond motifs is 1. The lowest BCUT2D eigenvalue weighted by Crippen LogP contribution is -2.40. The number of nitro groups is 1. The second kappa shape index (κ2) is 12.4. The Bertz CT molecular complexity index is 1960. The molecule has 0 unspecified atom stereocenters. The highest BCUT2D eigenvalue weighted by Gasteiger charge is 2.35. The van der Waals surface area contributed by atoms with Crippen molar-refractivity contribution in [2.24, 2.45) is 4.99 Å². The molecule has 1 aliphatic rings. The number of halogens is 1. The minimum atomic E-state index is -0.875. The SMILES string of the molecule is CCOC(=O)C1=C(C)N=c2s/c(=C/c3cccn3-c3cccc([N+](=O)[O-])c3)c(=O)n2[C@H]1c1cc(OC)c(OCC)cc1Br. The summed E-state index contributed by atoms with van der Waals surface area (Å²) >= 11 is 4.80. The summed E-state index contributed by atoms with van der Waals surface area (Å²) in [5.41, 5.74) is 2.04. The molecule has 0 fully saturated rings. The molecule has 0 saturated carbocycles. The third-order valence-corrected chi connectivity index (χ3v) is 8.44. The van der Waals surface area contributed by atoms with Gasteiger partial charge in [-0.25, -0.2) is 9.79 Å². The summed E-state index contributed by atoms with van der Waals surface area (Å²) in [4.78, 5) is 43.3. The number of nitrogens with zero attached hydrogens (tertiary/aromatic N) is 4. The molecule has 222 valence electrons. The van der Waals surface area contributed by atoms with E-state index >= 15 is 0 Å². The number of carbonyl (C=O) groups is 1. The van der Waals surface area contributed by atoms with E-state index < -0.39 is 16.9 Å². The first-order chi connectivity index (χ1) is 20.7. The third kappa shape index (κ3) is 5.65. The number of allylic oxidation sites excluding steroid dienone is 1. The van der Waals surface area contributed by atoms with Crippen LogP contribution < -0.4 is 24.4 Å². The average molecular weight is 668 g/mol. The average Bonchev–Trinajstić information content (AvgIpc) is 3.57. The van der Waals surface area contributed by atoms with Crippen LogP contribution in [-0.2, 0) is 9.53 Å². The van der Waals surface area contributed by atoms with Crippen molar-refractivity contribution in [3.63, 3.8) is 0 Å². The number of nitro benzene ring substituents is 1. The normalized spacial score (nSPS) is 14.7. The number of ether oxygens (including phenoxy) is 3. The summed E-state index contributed by atoms with van der Waals surface area (Å²) in [6.45, 7) is 5.85. The van der Waals surface area contributed by atoms with Crippen molar-refractivity contribution < 1.29 is 23.9 Å². The molecule has 11 nitrogen and oxygen atoms in total. The number of aromatic nitrogens is 2. The van der Waals surface area contributed by atoms with E-state index in [1.807, 2.05) is 6.92 Å². The third-order valence-electron chi connectivity index (χ3n) is 6.77. The maximum absolute atomic E-state index is 14.1. The van der Waals surface area contributed by atoms with Gasteiger partial charge in [-0.05, 0) is 62.7 Å². The lowest BCUT2D eigenvalue weighted by molar-refractivity contribution is -0.384. The molecule has 2 aromatic heterocycles. The van der Waals surface area contributed by atoms with Crippen molar-refractivity contribution >= 4 is 45.0 Å². The molecule has 0 N–H and O–H groups in total. The van der Waals surface area contributed by atoms with Gasteiger partial charge >= 0.3 is 5.97 Å². The van der Waals surface area contributed by atoms with Crippen LogP contribution in [0.5, 0.6) is 11.5 Å². The number of carbonyl (C=O) groups excluding carboxylic acids is 1. The lowest BCUT2D eigenvalue weighted by Gasteiger charge is -2.26.